The lowest BCUT2D eigenvalue weighted by molar-refractivity contribution is 0.340. The second kappa shape index (κ2) is 8.15. The van der Waals surface area contributed by atoms with Crippen molar-refractivity contribution in [3.63, 3.8) is 0 Å². The van der Waals surface area contributed by atoms with Gasteiger partial charge in [0.1, 0.15) is 5.75 Å². The highest BCUT2D eigenvalue weighted by atomic mass is 16.5. The number of para-hydroxylation sites is 1. The molecule has 126 valence electrons. The Labute approximate surface area is 149 Å². The molecule has 1 aliphatic heterocycles. The average molecular weight is 330 g/mol. The number of aliphatic imine (C=N–C) groups is 1. The maximum atomic E-state index is 5.42. The normalized spacial score (nSPS) is 15.3. The van der Waals surface area contributed by atoms with E-state index in [1.165, 1.54) is 11.3 Å². The van der Waals surface area contributed by atoms with Crippen molar-refractivity contribution in [3.05, 3.63) is 84.1 Å². The number of hydrogen-bond acceptors (Lipinski definition) is 3. The van der Waals surface area contributed by atoms with Crippen LogP contribution in [0.4, 0.5) is 11.4 Å². The number of anilines is 1. The van der Waals surface area contributed by atoms with Crippen LogP contribution in [0.15, 0.2) is 83.5 Å². The Hall–Kier alpha value is -3.07. The molecule has 0 fully saturated rings. The SMILES string of the molecule is CCOc1ccc(N=C/C=C/C=C2/C=Cc3ccccc3N2C)cc1. The highest BCUT2D eigenvalue weighted by Gasteiger charge is 2.11. The third-order valence-electron chi connectivity index (χ3n) is 3.95. The average Bonchev–Trinajstić information content (AvgIpc) is 2.65. The Bertz CT molecular complexity index is 829. The van der Waals surface area contributed by atoms with E-state index in [0.29, 0.717) is 6.61 Å². The van der Waals surface area contributed by atoms with Gasteiger partial charge in [-0.25, -0.2) is 0 Å². The Kier molecular flexibility index (Phi) is 5.47. The molecule has 3 rings (SSSR count). The first kappa shape index (κ1) is 16.8. The molecule has 1 aliphatic rings. The number of nitrogens with zero attached hydrogens (tertiary/aromatic N) is 2. The molecule has 0 saturated heterocycles. The minimum atomic E-state index is 0.674. The fourth-order valence-corrected chi connectivity index (χ4v) is 2.66. The lowest BCUT2D eigenvalue weighted by Gasteiger charge is -2.25. The van der Waals surface area contributed by atoms with Crippen molar-refractivity contribution in [2.75, 3.05) is 18.6 Å². The van der Waals surface area contributed by atoms with Gasteiger partial charge in [-0.05, 0) is 61.0 Å². The zero-order valence-corrected chi connectivity index (χ0v) is 14.6. The quantitative estimate of drug-likeness (QED) is 0.687. The third-order valence-corrected chi connectivity index (χ3v) is 3.95. The minimum Gasteiger partial charge on any atom is -0.494 e. The van der Waals surface area contributed by atoms with Gasteiger partial charge < -0.3 is 9.64 Å². The lowest BCUT2D eigenvalue weighted by Crippen LogP contribution is -2.18. The van der Waals surface area contributed by atoms with Gasteiger partial charge in [0.05, 0.1) is 12.3 Å². The number of rotatable bonds is 5. The molecule has 0 saturated carbocycles. The number of allylic oxidation sites excluding steroid dienone is 4. The summed E-state index contributed by atoms with van der Waals surface area (Å²) in [5.41, 5.74) is 4.50. The molecule has 2 aromatic rings. The molecule has 0 bridgehead atoms. The summed E-state index contributed by atoms with van der Waals surface area (Å²) in [4.78, 5) is 6.60. The van der Waals surface area contributed by atoms with Gasteiger partial charge in [0.15, 0.2) is 0 Å². The van der Waals surface area contributed by atoms with Crippen molar-refractivity contribution in [3.8, 4) is 5.75 Å². The maximum absolute atomic E-state index is 5.42. The van der Waals surface area contributed by atoms with Crippen molar-refractivity contribution in [2.45, 2.75) is 6.92 Å². The fraction of sp³-hybridized carbons (Fsp3) is 0.136. The van der Waals surface area contributed by atoms with E-state index < -0.39 is 0 Å². The second-order valence-corrected chi connectivity index (χ2v) is 5.63. The van der Waals surface area contributed by atoms with E-state index in [0.717, 1.165) is 17.1 Å². The van der Waals surface area contributed by atoms with E-state index in [1.807, 2.05) is 43.3 Å². The van der Waals surface area contributed by atoms with Gasteiger partial charge in [-0.2, -0.15) is 0 Å². The van der Waals surface area contributed by atoms with Crippen molar-refractivity contribution < 1.29 is 4.74 Å². The van der Waals surface area contributed by atoms with Gasteiger partial charge in [-0.1, -0.05) is 30.4 Å². The topological polar surface area (TPSA) is 24.8 Å². The van der Waals surface area contributed by atoms with E-state index in [4.69, 9.17) is 4.74 Å². The van der Waals surface area contributed by atoms with Gasteiger partial charge >= 0.3 is 0 Å². The fourth-order valence-electron chi connectivity index (χ4n) is 2.66. The van der Waals surface area contributed by atoms with Crippen molar-refractivity contribution in [2.24, 2.45) is 4.99 Å². The first-order chi connectivity index (χ1) is 12.3. The highest BCUT2D eigenvalue weighted by Crippen LogP contribution is 2.28. The van der Waals surface area contributed by atoms with Gasteiger partial charge in [-0.3, -0.25) is 4.99 Å². The van der Waals surface area contributed by atoms with Gasteiger partial charge in [-0.15, -0.1) is 0 Å². The van der Waals surface area contributed by atoms with Crippen LogP contribution >= 0.6 is 0 Å². The van der Waals surface area contributed by atoms with Crippen LogP contribution in [0.25, 0.3) is 6.08 Å². The van der Waals surface area contributed by atoms with Crippen LogP contribution < -0.4 is 9.64 Å². The molecule has 0 aliphatic carbocycles. The summed E-state index contributed by atoms with van der Waals surface area (Å²) >= 11 is 0. The largest absolute Gasteiger partial charge is 0.494 e. The predicted octanol–water partition coefficient (Wildman–Crippen LogP) is 5.39. The number of fused-ring (bicyclic) bond motifs is 1. The van der Waals surface area contributed by atoms with Gasteiger partial charge in [0.25, 0.3) is 0 Å². The zero-order chi connectivity index (χ0) is 17.5. The molecule has 3 nitrogen and oxygen atoms in total. The summed E-state index contributed by atoms with van der Waals surface area (Å²) in [5.74, 6) is 0.870. The predicted molar refractivity (Wildman–Crippen MR) is 107 cm³/mol. The van der Waals surface area contributed by atoms with Crippen molar-refractivity contribution in [1.29, 1.82) is 0 Å². The van der Waals surface area contributed by atoms with Crippen LogP contribution in [-0.4, -0.2) is 19.9 Å². The molecule has 0 N–H and O–H groups in total. The standard InChI is InChI=1S/C22H22N2O/c1-3-25-21-15-12-19(13-16-21)23-17-7-6-9-20-14-11-18-8-4-5-10-22(18)24(20)2/h4-17H,3H2,1-2H3/b7-6+,20-9-,23-17?. The third kappa shape index (κ3) is 4.27. The summed E-state index contributed by atoms with van der Waals surface area (Å²) in [6.07, 6.45) is 12.1. The summed E-state index contributed by atoms with van der Waals surface area (Å²) in [7, 11) is 2.08. The van der Waals surface area contributed by atoms with E-state index in [2.05, 4.69) is 59.4 Å². The van der Waals surface area contributed by atoms with E-state index in [-0.39, 0.29) is 0 Å². The molecule has 0 radical (unpaired) electrons. The summed E-state index contributed by atoms with van der Waals surface area (Å²) < 4.78 is 5.42. The van der Waals surface area contributed by atoms with Crippen molar-refractivity contribution >= 4 is 23.7 Å². The minimum absolute atomic E-state index is 0.674. The summed E-state index contributed by atoms with van der Waals surface area (Å²) in [6.45, 7) is 2.65. The monoisotopic (exact) mass is 330 g/mol. The zero-order valence-electron chi connectivity index (χ0n) is 14.6. The number of hydrogen-bond donors (Lipinski definition) is 0. The molecule has 3 heteroatoms. The maximum Gasteiger partial charge on any atom is 0.119 e. The van der Waals surface area contributed by atoms with E-state index >= 15 is 0 Å². The summed E-state index contributed by atoms with van der Waals surface area (Å²) in [5, 5.41) is 0. The number of likely N-dealkylation sites (N-methyl/N-ethyl adjacent to an activating group) is 1. The first-order valence-corrected chi connectivity index (χ1v) is 8.42. The van der Waals surface area contributed by atoms with E-state index in [1.54, 1.807) is 6.21 Å². The molecule has 0 unspecified atom stereocenters. The molecule has 1 heterocycles. The Morgan fingerprint density at radius 3 is 2.60 bits per heavy atom. The van der Waals surface area contributed by atoms with Crippen molar-refractivity contribution in [1.82, 2.24) is 0 Å². The Morgan fingerprint density at radius 2 is 1.80 bits per heavy atom. The molecule has 0 spiro atoms. The molecule has 2 aromatic carbocycles. The molecule has 0 atom stereocenters. The van der Waals surface area contributed by atoms with Gasteiger partial charge in [0, 0.05) is 24.6 Å². The van der Waals surface area contributed by atoms with Crippen LogP contribution in [0.1, 0.15) is 12.5 Å². The molecular formula is C22H22N2O. The first-order valence-electron chi connectivity index (χ1n) is 8.42. The lowest BCUT2D eigenvalue weighted by atomic mass is 10.1. The van der Waals surface area contributed by atoms with Crippen LogP contribution in [-0.2, 0) is 0 Å². The van der Waals surface area contributed by atoms with Crippen LogP contribution in [0.3, 0.4) is 0 Å². The smallest absolute Gasteiger partial charge is 0.119 e. The number of benzene rings is 2. The second-order valence-electron chi connectivity index (χ2n) is 5.63. The summed E-state index contributed by atoms with van der Waals surface area (Å²) in [6, 6.07) is 16.1. The molecule has 0 aromatic heterocycles. The van der Waals surface area contributed by atoms with Crippen LogP contribution in [0, 0.1) is 0 Å². The molecule has 0 amide bonds. The molecular weight excluding hydrogens is 308 g/mol. The molecule has 25 heavy (non-hydrogen) atoms. The van der Waals surface area contributed by atoms with E-state index in [9.17, 15) is 0 Å². The van der Waals surface area contributed by atoms with Gasteiger partial charge in [0.2, 0.25) is 0 Å². The Morgan fingerprint density at radius 1 is 1.00 bits per heavy atom. The Balaban J connectivity index is 1.62. The number of ether oxygens (including phenoxy) is 1. The van der Waals surface area contributed by atoms with Crippen LogP contribution in [0.5, 0.6) is 5.75 Å². The van der Waals surface area contributed by atoms with Crippen LogP contribution in [0.2, 0.25) is 0 Å². The highest BCUT2D eigenvalue weighted by molar-refractivity contribution is 5.77.